The van der Waals surface area contributed by atoms with Gasteiger partial charge < -0.3 is 21.8 Å². The molecule has 47 heavy (non-hydrogen) atoms. The number of nitrogens with zero attached hydrogens (tertiary/aromatic N) is 2. The zero-order valence-electron chi connectivity index (χ0n) is 30.0. The van der Waals surface area contributed by atoms with Crippen LogP contribution in [-0.4, -0.2) is 55.1 Å². The van der Waals surface area contributed by atoms with Crippen LogP contribution in [0.3, 0.4) is 0 Å². The standard InChI is InChI=1S/C32H56N2O9Si4/c1-11-13-15-17-31(39-29-23-19-27(20-24-29)33(35)36)44(3,4)41-46(7,8)43-47(9,10)42-45(5,6)32(18-16-14-12-2)40-30-25-21-28(22-26-30)34(37)38/h19-26,31-32H,11-18H2,1-10H3. The van der Waals surface area contributed by atoms with E-state index in [0.717, 1.165) is 51.4 Å². The van der Waals surface area contributed by atoms with E-state index in [2.05, 4.69) is 66.2 Å². The van der Waals surface area contributed by atoms with E-state index in [-0.39, 0.29) is 22.8 Å². The van der Waals surface area contributed by atoms with Crippen molar-refractivity contribution in [3.8, 4) is 11.5 Å². The zero-order chi connectivity index (χ0) is 35.5. The highest BCUT2D eigenvalue weighted by molar-refractivity contribution is 6.90. The van der Waals surface area contributed by atoms with Crippen molar-refractivity contribution in [2.24, 2.45) is 0 Å². The monoisotopic (exact) mass is 724 g/mol. The van der Waals surface area contributed by atoms with Gasteiger partial charge in [-0.3, -0.25) is 20.2 Å². The van der Waals surface area contributed by atoms with E-state index < -0.39 is 43.6 Å². The van der Waals surface area contributed by atoms with Gasteiger partial charge in [-0.15, -0.1) is 0 Å². The van der Waals surface area contributed by atoms with Gasteiger partial charge in [-0.2, -0.15) is 0 Å². The fourth-order valence-electron chi connectivity index (χ4n) is 5.91. The van der Waals surface area contributed by atoms with E-state index in [4.69, 9.17) is 21.8 Å². The summed E-state index contributed by atoms with van der Waals surface area (Å²) >= 11 is 0. The Kier molecular flexibility index (Phi) is 15.5. The zero-order valence-corrected chi connectivity index (χ0v) is 34.0. The highest BCUT2D eigenvalue weighted by Crippen LogP contribution is 2.32. The molecule has 2 atom stereocenters. The molecule has 0 N–H and O–H groups in total. The molecule has 0 bridgehead atoms. The summed E-state index contributed by atoms with van der Waals surface area (Å²) in [6, 6.07) is 12.5. The first-order valence-corrected chi connectivity index (χ1v) is 28.3. The van der Waals surface area contributed by atoms with Crippen LogP contribution in [0.4, 0.5) is 11.4 Å². The van der Waals surface area contributed by atoms with Gasteiger partial charge in [0.05, 0.1) is 9.85 Å². The average Bonchev–Trinajstić information content (AvgIpc) is 2.95. The third kappa shape index (κ3) is 13.9. The Labute approximate surface area is 285 Å². The summed E-state index contributed by atoms with van der Waals surface area (Å²) in [6.45, 7) is 21.2. The predicted molar refractivity (Wildman–Crippen MR) is 196 cm³/mol. The molecule has 264 valence electrons. The summed E-state index contributed by atoms with van der Waals surface area (Å²) in [5.74, 6) is 1.18. The molecule has 2 aromatic rings. The largest absolute Gasteiger partial charge is 0.491 e. The summed E-state index contributed by atoms with van der Waals surface area (Å²) in [5.41, 5.74) is -0.279. The van der Waals surface area contributed by atoms with Crippen LogP contribution in [0, 0.1) is 20.2 Å². The first-order valence-electron chi connectivity index (χ1n) is 16.7. The van der Waals surface area contributed by atoms with Crippen LogP contribution in [0.5, 0.6) is 11.5 Å². The Morgan fingerprint density at radius 2 is 0.872 bits per heavy atom. The van der Waals surface area contributed by atoms with Crippen molar-refractivity contribution in [3.63, 3.8) is 0 Å². The van der Waals surface area contributed by atoms with Crippen molar-refractivity contribution in [3.05, 3.63) is 68.8 Å². The average molecular weight is 725 g/mol. The Hall–Kier alpha value is -2.41. The molecule has 0 amide bonds. The molecule has 0 aliphatic carbocycles. The van der Waals surface area contributed by atoms with Gasteiger partial charge in [0.25, 0.3) is 11.4 Å². The smallest absolute Gasteiger partial charge is 0.312 e. The molecule has 2 aromatic carbocycles. The van der Waals surface area contributed by atoms with E-state index in [1.165, 1.54) is 24.3 Å². The summed E-state index contributed by atoms with van der Waals surface area (Å²) in [5, 5.41) is 22.3. The first kappa shape index (κ1) is 40.8. The topological polar surface area (TPSA) is 132 Å². The van der Waals surface area contributed by atoms with Crippen LogP contribution in [0.25, 0.3) is 0 Å². The lowest BCUT2D eigenvalue weighted by Gasteiger charge is -2.44. The molecule has 0 spiro atoms. The van der Waals surface area contributed by atoms with Gasteiger partial charge in [0.2, 0.25) is 16.6 Å². The summed E-state index contributed by atoms with van der Waals surface area (Å²) in [4.78, 5) is 21.5. The number of nitro groups is 2. The fourth-order valence-corrected chi connectivity index (χ4v) is 25.6. The molecule has 0 fully saturated rings. The highest BCUT2D eigenvalue weighted by atomic mass is 28.5. The van der Waals surface area contributed by atoms with Crippen molar-refractivity contribution < 1.29 is 31.7 Å². The maximum absolute atomic E-state index is 11.1. The second-order valence-corrected chi connectivity index (χ2v) is 29.8. The lowest BCUT2D eigenvalue weighted by molar-refractivity contribution is -0.385. The minimum atomic E-state index is -2.74. The van der Waals surface area contributed by atoms with E-state index in [1.54, 1.807) is 24.3 Å². The molecular formula is C32H56N2O9Si4. The van der Waals surface area contributed by atoms with Gasteiger partial charge in [0.1, 0.15) is 23.0 Å². The molecule has 2 unspecified atom stereocenters. The number of non-ortho nitro benzene ring substituents is 2. The minimum Gasteiger partial charge on any atom is -0.491 e. The van der Waals surface area contributed by atoms with E-state index >= 15 is 0 Å². The van der Waals surface area contributed by atoms with Crippen LogP contribution in [-0.2, 0) is 12.3 Å². The maximum Gasteiger partial charge on any atom is 0.312 e. The van der Waals surface area contributed by atoms with Crippen molar-refractivity contribution in [2.75, 3.05) is 0 Å². The molecule has 2 rings (SSSR count). The minimum absolute atomic E-state index is 0.0268. The van der Waals surface area contributed by atoms with E-state index in [9.17, 15) is 20.2 Å². The summed E-state index contributed by atoms with van der Waals surface area (Å²) < 4.78 is 33.8. The molecule has 0 aromatic heterocycles. The molecule has 11 nitrogen and oxygen atoms in total. The van der Waals surface area contributed by atoms with E-state index in [1.807, 2.05) is 0 Å². The number of hydrogen-bond acceptors (Lipinski definition) is 9. The van der Waals surface area contributed by atoms with Crippen molar-refractivity contribution in [1.82, 2.24) is 0 Å². The fraction of sp³-hybridized carbons (Fsp3) is 0.625. The van der Waals surface area contributed by atoms with Crippen molar-refractivity contribution >= 4 is 45.1 Å². The Morgan fingerprint density at radius 3 is 1.15 bits per heavy atom. The Balaban J connectivity index is 2.21. The number of benzene rings is 2. The molecular weight excluding hydrogens is 669 g/mol. The Morgan fingerprint density at radius 1 is 0.553 bits per heavy atom. The van der Waals surface area contributed by atoms with Gasteiger partial charge in [0, 0.05) is 24.3 Å². The molecule has 0 radical (unpaired) electrons. The third-order valence-corrected chi connectivity index (χ3v) is 23.8. The van der Waals surface area contributed by atoms with Crippen molar-refractivity contribution in [2.45, 2.75) is 129 Å². The highest BCUT2D eigenvalue weighted by Gasteiger charge is 2.48. The van der Waals surface area contributed by atoms with Crippen molar-refractivity contribution in [1.29, 1.82) is 0 Å². The number of hydrogen-bond donors (Lipinski definition) is 0. The number of rotatable bonds is 22. The number of ether oxygens (including phenoxy) is 2. The second kappa shape index (κ2) is 17.8. The van der Waals surface area contributed by atoms with Gasteiger partial charge in [-0.05, 0) is 89.5 Å². The van der Waals surface area contributed by atoms with Crippen LogP contribution in [0.2, 0.25) is 52.4 Å². The first-order chi connectivity index (χ1) is 21.8. The van der Waals surface area contributed by atoms with Gasteiger partial charge in [-0.25, -0.2) is 0 Å². The lowest BCUT2D eigenvalue weighted by Crippen LogP contribution is -2.61. The normalized spacial score (nSPS) is 14.0. The third-order valence-electron chi connectivity index (χ3n) is 7.85. The maximum atomic E-state index is 11.1. The molecule has 15 heteroatoms. The number of unbranched alkanes of at least 4 members (excludes halogenated alkanes) is 4. The van der Waals surface area contributed by atoms with Crippen LogP contribution >= 0.6 is 0 Å². The van der Waals surface area contributed by atoms with Crippen LogP contribution in [0.15, 0.2) is 48.5 Å². The SMILES string of the molecule is CCCCCC(Oc1ccc([N+](=O)[O-])cc1)[Si](C)(C)O[Si](C)(C)O[Si](C)(C)O[Si](C)(C)C(CCCCC)Oc1ccc([N+](=O)[O-])cc1. The molecule has 0 aliphatic rings. The molecule has 0 saturated heterocycles. The summed E-state index contributed by atoms with van der Waals surface area (Å²) in [6.07, 6.45) is 7.97. The Bertz CT molecular complexity index is 1180. The number of nitro benzene ring substituents is 2. The summed E-state index contributed by atoms with van der Waals surface area (Å²) in [7, 11) is -10.5. The second-order valence-electron chi connectivity index (χ2n) is 14.0. The molecule has 0 saturated carbocycles. The van der Waals surface area contributed by atoms with Gasteiger partial charge in [0.15, 0.2) is 0 Å². The van der Waals surface area contributed by atoms with Gasteiger partial charge in [-0.1, -0.05) is 52.4 Å². The van der Waals surface area contributed by atoms with E-state index in [0.29, 0.717) is 11.5 Å². The molecule has 0 heterocycles. The van der Waals surface area contributed by atoms with Gasteiger partial charge >= 0.3 is 17.1 Å². The predicted octanol–water partition coefficient (Wildman–Crippen LogP) is 9.80. The molecule has 0 aliphatic heterocycles. The lowest BCUT2D eigenvalue weighted by atomic mass is 10.2. The quantitative estimate of drug-likeness (QED) is 0.0504. The van der Waals surface area contributed by atoms with Crippen LogP contribution < -0.4 is 9.47 Å². The van der Waals surface area contributed by atoms with Crippen LogP contribution in [0.1, 0.15) is 65.2 Å².